The molecule has 1 aliphatic carbocycles. The normalized spacial score (nSPS) is 24.5. The first kappa shape index (κ1) is 13.0. The Morgan fingerprint density at radius 3 is 1.77 bits per heavy atom. The molecule has 1 spiro atoms. The highest BCUT2D eigenvalue weighted by Gasteiger charge is 2.34. The number of rotatable bonds is 0. The van der Waals surface area contributed by atoms with Crippen molar-refractivity contribution in [1.29, 1.82) is 0 Å². The van der Waals surface area contributed by atoms with Crippen molar-refractivity contribution < 1.29 is 0 Å². The molecule has 1 saturated heterocycles. The van der Waals surface area contributed by atoms with E-state index in [-0.39, 0.29) is 7.43 Å². The van der Waals surface area contributed by atoms with Gasteiger partial charge in [-0.3, -0.25) is 0 Å². The van der Waals surface area contributed by atoms with Crippen molar-refractivity contribution in [3.8, 4) is 0 Å². The third kappa shape index (κ3) is 3.30. The van der Waals surface area contributed by atoms with Crippen LogP contribution >= 0.6 is 0 Å². The Balaban J connectivity index is 0.000000451. The van der Waals surface area contributed by atoms with Gasteiger partial charge < -0.3 is 5.32 Å². The monoisotopic (exact) mass is 185 g/mol. The van der Waals surface area contributed by atoms with Crippen LogP contribution in [0.5, 0.6) is 0 Å². The molecule has 0 amide bonds. The summed E-state index contributed by atoms with van der Waals surface area (Å²) in [5.41, 5.74) is 0.811. The van der Waals surface area contributed by atoms with Crippen LogP contribution in [0.2, 0.25) is 0 Å². The summed E-state index contributed by atoms with van der Waals surface area (Å²) in [6, 6.07) is 0. The third-order valence-corrected chi connectivity index (χ3v) is 3.33. The molecule has 80 valence electrons. The van der Waals surface area contributed by atoms with E-state index in [1.165, 1.54) is 51.6 Å². The van der Waals surface area contributed by atoms with Crippen LogP contribution < -0.4 is 5.32 Å². The predicted molar refractivity (Wildman–Crippen MR) is 61.1 cm³/mol. The summed E-state index contributed by atoms with van der Waals surface area (Å²) in [7, 11) is 0. The summed E-state index contributed by atoms with van der Waals surface area (Å²) >= 11 is 0. The van der Waals surface area contributed by atoms with E-state index >= 15 is 0 Å². The Morgan fingerprint density at radius 1 is 0.846 bits per heavy atom. The van der Waals surface area contributed by atoms with E-state index in [9.17, 15) is 0 Å². The predicted octanol–water partition coefficient (Wildman–Crippen LogP) is 3.59. The van der Waals surface area contributed by atoms with Gasteiger partial charge in [0, 0.05) is 0 Å². The SMILES string of the molecule is C.C1CCC2(C1)CCNCC2.CC. The molecule has 0 unspecified atom stereocenters. The summed E-state index contributed by atoms with van der Waals surface area (Å²) in [6.07, 6.45) is 8.95. The Hall–Kier alpha value is -0.0400. The highest BCUT2D eigenvalue weighted by Crippen LogP contribution is 2.44. The molecule has 1 saturated carbocycles. The maximum absolute atomic E-state index is 3.44. The van der Waals surface area contributed by atoms with Crippen LogP contribution in [0.1, 0.15) is 59.8 Å². The third-order valence-electron chi connectivity index (χ3n) is 3.33. The van der Waals surface area contributed by atoms with Gasteiger partial charge in [-0.15, -0.1) is 0 Å². The molecule has 2 rings (SSSR count). The molecule has 1 heterocycles. The lowest BCUT2D eigenvalue weighted by molar-refractivity contribution is 0.210. The van der Waals surface area contributed by atoms with Gasteiger partial charge in [0.05, 0.1) is 0 Å². The Kier molecular flexibility index (Phi) is 6.40. The zero-order valence-corrected chi connectivity index (χ0v) is 8.66. The van der Waals surface area contributed by atoms with Gasteiger partial charge in [-0.1, -0.05) is 34.1 Å². The van der Waals surface area contributed by atoms with E-state index in [1.807, 2.05) is 13.8 Å². The van der Waals surface area contributed by atoms with Crippen molar-refractivity contribution in [2.75, 3.05) is 13.1 Å². The molecule has 0 bridgehead atoms. The van der Waals surface area contributed by atoms with Gasteiger partial charge in [-0.25, -0.2) is 0 Å². The van der Waals surface area contributed by atoms with Gasteiger partial charge in [0.25, 0.3) is 0 Å². The smallest absolute Gasteiger partial charge is 0.00436 e. The van der Waals surface area contributed by atoms with Crippen LogP contribution in [0.4, 0.5) is 0 Å². The second kappa shape index (κ2) is 6.42. The molecule has 1 heteroatoms. The fourth-order valence-electron chi connectivity index (χ4n) is 2.58. The van der Waals surface area contributed by atoms with Crippen molar-refractivity contribution in [2.45, 2.75) is 59.8 Å². The number of piperidine rings is 1. The van der Waals surface area contributed by atoms with Gasteiger partial charge in [0.2, 0.25) is 0 Å². The Bertz CT molecular complexity index is 106. The van der Waals surface area contributed by atoms with Gasteiger partial charge in [0.15, 0.2) is 0 Å². The van der Waals surface area contributed by atoms with Crippen molar-refractivity contribution >= 4 is 0 Å². The van der Waals surface area contributed by atoms with Crippen molar-refractivity contribution in [3.05, 3.63) is 0 Å². The molecule has 1 N–H and O–H groups in total. The first-order valence-electron chi connectivity index (χ1n) is 5.62. The molecule has 0 aromatic rings. The summed E-state index contributed by atoms with van der Waals surface area (Å²) in [6.45, 7) is 6.56. The van der Waals surface area contributed by atoms with Crippen LogP contribution in [0.25, 0.3) is 0 Å². The van der Waals surface area contributed by atoms with E-state index in [1.54, 1.807) is 0 Å². The lowest BCUT2D eigenvalue weighted by Crippen LogP contribution is -2.34. The Labute approximate surface area is 84.3 Å². The first-order chi connectivity index (χ1) is 5.91. The maximum atomic E-state index is 3.44. The molecule has 1 aliphatic heterocycles. The molecule has 2 fully saturated rings. The number of hydrogen-bond acceptors (Lipinski definition) is 1. The molecular weight excluding hydrogens is 158 g/mol. The van der Waals surface area contributed by atoms with Crippen molar-refractivity contribution in [3.63, 3.8) is 0 Å². The van der Waals surface area contributed by atoms with Crippen LogP contribution in [0.15, 0.2) is 0 Å². The summed E-state index contributed by atoms with van der Waals surface area (Å²) in [5, 5.41) is 3.44. The number of nitrogens with one attached hydrogen (secondary N) is 1. The summed E-state index contributed by atoms with van der Waals surface area (Å²) in [4.78, 5) is 0. The second-order valence-corrected chi connectivity index (χ2v) is 3.96. The summed E-state index contributed by atoms with van der Waals surface area (Å²) in [5.74, 6) is 0. The maximum Gasteiger partial charge on any atom is -0.00436 e. The fourth-order valence-corrected chi connectivity index (χ4v) is 2.58. The molecule has 0 aromatic heterocycles. The van der Waals surface area contributed by atoms with E-state index < -0.39 is 0 Å². The van der Waals surface area contributed by atoms with E-state index in [0.29, 0.717) is 0 Å². The highest BCUT2D eigenvalue weighted by molar-refractivity contribution is 4.88. The minimum Gasteiger partial charge on any atom is -0.317 e. The van der Waals surface area contributed by atoms with E-state index in [4.69, 9.17) is 0 Å². The quantitative estimate of drug-likeness (QED) is 0.608. The van der Waals surface area contributed by atoms with E-state index in [0.717, 1.165) is 5.41 Å². The lowest BCUT2D eigenvalue weighted by atomic mass is 9.78. The zero-order valence-electron chi connectivity index (χ0n) is 8.66. The van der Waals surface area contributed by atoms with Gasteiger partial charge in [0.1, 0.15) is 0 Å². The average Bonchev–Trinajstić information content (AvgIpc) is 2.58. The zero-order chi connectivity index (χ0) is 8.86. The van der Waals surface area contributed by atoms with Gasteiger partial charge in [-0.05, 0) is 44.2 Å². The lowest BCUT2D eigenvalue weighted by Gasteiger charge is -2.33. The molecular formula is C12H27N. The minimum atomic E-state index is 0. The largest absolute Gasteiger partial charge is 0.317 e. The minimum absolute atomic E-state index is 0. The topological polar surface area (TPSA) is 12.0 Å². The fraction of sp³-hybridized carbons (Fsp3) is 1.00. The van der Waals surface area contributed by atoms with Crippen molar-refractivity contribution in [1.82, 2.24) is 5.32 Å². The molecule has 2 aliphatic rings. The van der Waals surface area contributed by atoms with Crippen LogP contribution in [0, 0.1) is 5.41 Å². The first-order valence-corrected chi connectivity index (χ1v) is 5.62. The molecule has 0 aromatic carbocycles. The Morgan fingerprint density at radius 2 is 1.31 bits per heavy atom. The second-order valence-electron chi connectivity index (χ2n) is 3.96. The molecule has 0 atom stereocenters. The number of hydrogen-bond donors (Lipinski definition) is 1. The van der Waals surface area contributed by atoms with Gasteiger partial charge >= 0.3 is 0 Å². The molecule has 13 heavy (non-hydrogen) atoms. The van der Waals surface area contributed by atoms with Gasteiger partial charge in [-0.2, -0.15) is 0 Å². The van der Waals surface area contributed by atoms with Crippen LogP contribution in [-0.2, 0) is 0 Å². The van der Waals surface area contributed by atoms with Crippen molar-refractivity contribution in [2.24, 2.45) is 5.41 Å². The average molecular weight is 185 g/mol. The summed E-state index contributed by atoms with van der Waals surface area (Å²) < 4.78 is 0. The standard InChI is InChI=1S/C9H17N.C2H6.CH4/c1-2-4-9(3-1)5-7-10-8-6-9;1-2;/h10H,1-8H2;1-2H3;1H4. The molecule has 0 radical (unpaired) electrons. The molecule has 1 nitrogen and oxygen atoms in total. The van der Waals surface area contributed by atoms with Crippen LogP contribution in [0.3, 0.4) is 0 Å². The highest BCUT2D eigenvalue weighted by atomic mass is 14.9. The van der Waals surface area contributed by atoms with E-state index in [2.05, 4.69) is 5.32 Å². The van der Waals surface area contributed by atoms with Crippen LogP contribution in [-0.4, -0.2) is 13.1 Å².